The number of carbonyl (C=O) groups is 1. The van der Waals surface area contributed by atoms with Crippen molar-refractivity contribution < 1.29 is 23.7 Å². The molecular formula is C24H27NO5. The summed E-state index contributed by atoms with van der Waals surface area (Å²) < 4.78 is 22.8. The molecule has 3 aliphatic rings. The first kappa shape index (κ1) is 19.1. The van der Waals surface area contributed by atoms with E-state index < -0.39 is 0 Å². The molecule has 1 saturated carbocycles. The summed E-state index contributed by atoms with van der Waals surface area (Å²) >= 11 is 0. The summed E-state index contributed by atoms with van der Waals surface area (Å²) in [5, 5.41) is 0. The van der Waals surface area contributed by atoms with Crippen LogP contribution in [0.2, 0.25) is 0 Å². The van der Waals surface area contributed by atoms with Crippen molar-refractivity contribution in [3.8, 4) is 23.0 Å². The van der Waals surface area contributed by atoms with E-state index in [0.717, 1.165) is 49.2 Å². The average molecular weight is 409 g/mol. The van der Waals surface area contributed by atoms with Crippen LogP contribution in [0.4, 0.5) is 0 Å². The van der Waals surface area contributed by atoms with Gasteiger partial charge in [0.05, 0.1) is 19.8 Å². The highest BCUT2D eigenvalue weighted by atomic mass is 16.7. The van der Waals surface area contributed by atoms with Crippen molar-refractivity contribution in [2.45, 2.75) is 51.1 Å². The second-order valence-corrected chi connectivity index (χ2v) is 8.09. The number of para-hydroxylation sites is 1. The molecule has 6 heteroatoms. The van der Waals surface area contributed by atoms with Gasteiger partial charge in [-0.25, -0.2) is 0 Å². The van der Waals surface area contributed by atoms with E-state index in [2.05, 4.69) is 0 Å². The Hall–Kier alpha value is -2.89. The van der Waals surface area contributed by atoms with E-state index in [1.807, 2.05) is 41.3 Å². The van der Waals surface area contributed by atoms with Crippen molar-refractivity contribution in [2.75, 3.05) is 20.0 Å². The Morgan fingerprint density at radius 3 is 2.57 bits per heavy atom. The summed E-state index contributed by atoms with van der Waals surface area (Å²) in [7, 11) is 0. The molecule has 2 aliphatic heterocycles. The molecule has 6 nitrogen and oxygen atoms in total. The van der Waals surface area contributed by atoms with Crippen LogP contribution in [0, 0.1) is 0 Å². The minimum absolute atomic E-state index is 0.0223. The zero-order chi connectivity index (χ0) is 20.3. The van der Waals surface area contributed by atoms with Gasteiger partial charge in [-0.3, -0.25) is 4.79 Å². The van der Waals surface area contributed by atoms with Crippen molar-refractivity contribution in [3.05, 3.63) is 47.5 Å². The smallest absolute Gasteiger partial charge is 0.254 e. The number of nitrogens with zero attached hydrogens (tertiary/aromatic N) is 1. The third-order valence-electron chi connectivity index (χ3n) is 6.09. The lowest BCUT2D eigenvalue weighted by molar-refractivity contribution is 0.0611. The third-order valence-corrected chi connectivity index (χ3v) is 6.09. The van der Waals surface area contributed by atoms with Crippen molar-refractivity contribution in [1.29, 1.82) is 0 Å². The highest BCUT2D eigenvalue weighted by Crippen LogP contribution is 2.38. The van der Waals surface area contributed by atoms with Crippen molar-refractivity contribution in [3.63, 3.8) is 0 Å². The van der Waals surface area contributed by atoms with Gasteiger partial charge < -0.3 is 23.8 Å². The zero-order valence-electron chi connectivity index (χ0n) is 17.1. The maximum atomic E-state index is 13.7. The van der Waals surface area contributed by atoms with Gasteiger partial charge >= 0.3 is 0 Å². The van der Waals surface area contributed by atoms with Crippen LogP contribution < -0.4 is 18.9 Å². The predicted molar refractivity (Wildman–Crippen MR) is 111 cm³/mol. The van der Waals surface area contributed by atoms with Crippen LogP contribution in [0.1, 0.15) is 54.4 Å². The number of rotatable bonds is 4. The van der Waals surface area contributed by atoms with Crippen LogP contribution >= 0.6 is 0 Å². The Labute approximate surface area is 176 Å². The number of amides is 1. The van der Waals surface area contributed by atoms with Gasteiger partial charge in [0, 0.05) is 23.6 Å². The molecule has 0 bridgehead atoms. The first-order valence-electron chi connectivity index (χ1n) is 10.9. The molecule has 1 aliphatic carbocycles. The van der Waals surface area contributed by atoms with E-state index in [0.29, 0.717) is 36.8 Å². The summed E-state index contributed by atoms with van der Waals surface area (Å²) in [6.07, 6.45) is 6.45. The summed E-state index contributed by atoms with van der Waals surface area (Å²) in [5.74, 6) is 2.89. The maximum Gasteiger partial charge on any atom is 0.254 e. The molecule has 0 unspecified atom stereocenters. The van der Waals surface area contributed by atoms with Gasteiger partial charge in [-0.1, -0.05) is 31.4 Å². The van der Waals surface area contributed by atoms with Gasteiger partial charge in [0.1, 0.15) is 0 Å². The standard InChI is InChI=1S/C24H27NO5/c26-24(17-10-11-20-22(14-17)28-13-5-12-27-20)25(19-7-2-1-3-8-19)15-18-6-4-9-21-23(18)30-16-29-21/h4,6,9-11,14,19H,1-3,5,7-8,12-13,15-16H2. The first-order valence-corrected chi connectivity index (χ1v) is 10.9. The Kier molecular flexibility index (Phi) is 5.39. The van der Waals surface area contributed by atoms with Gasteiger partial charge in [-0.15, -0.1) is 0 Å². The molecule has 2 aromatic carbocycles. The van der Waals surface area contributed by atoms with Crippen LogP contribution in [-0.2, 0) is 6.54 Å². The minimum Gasteiger partial charge on any atom is -0.490 e. The zero-order valence-corrected chi connectivity index (χ0v) is 17.1. The highest BCUT2D eigenvalue weighted by Gasteiger charge is 2.29. The molecule has 2 aromatic rings. The normalized spacial score (nSPS) is 18.0. The third kappa shape index (κ3) is 3.78. The molecular weight excluding hydrogens is 382 g/mol. The topological polar surface area (TPSA) is 57.2 Å². The average Bonchev–Trinajstić information content (AvgIpc) is 3.16. The Morgan fingerprint density at radius 2 is 1.70 bits per heavy atom. The van der Waals surface area contributed by atoms with E-state index in [1.165, 1.54) is 6.42 Å². The van der Waals surface area contributed by atoms with E-state index in [-0.39, 0.29) is 18.7 Å². The van der Waals surface area contributed by atoms with Crippen molar-refractivity contribution in [1.82, 2.24) is 4.90 Å². The molecule has 0 radical (unpaired) electrons. The van der Waals surface area contributed by atoms with E-state index in [9.17, 15) is 4.79 Å². The molecule has 0 atom stereocenters. The summed E-state index contributed by atoms with van der Waals surface area (Å²) in [4.78, 5) is 15.7. The highest BCUT2D eigenvalue weighted by molar-refractivity contribution is 5.95. The fourth-order valence-corrected chi connectivity index (χ4v) is 4.52. The quantitative estimate of drug-likeness (QED) is 0.741. The van der Waals surface area contributed by atoms with Crippen LogP contribution in [0.5, 0.6) is 23.0 Å². The van der Waals surface area contributed by atoms with Gasteiger partial charge in [-0.2, -0.15) is 0 Å². The lowest BCUT2D eigenvalue weighted by Gasteiger charge is -2.35. The van der Waals surface area contributed by atoms with Crippen LogP contribution in [0.15, 0.2) is 36.4 Å². The lowest BCUT2D eigenvalue weighted by Crippen LogP contribution is -2.41. The SMILES string of the molecule is O=C(c1ccc2c(c1)OCCCO2)N(Cc1cccc2c1OCO2)C1CCCCC1. The summed E-state index contributed by atoms with van der Waals surface area (Å²) in [6.45, 7) is 1.97. The monoisotopic (exact) mass is 409 g/mol. The van der Waals surface area contributed by atoms with Gasteiger partial charge in [0.15, 0.2) is 23.0 Å². The molecule has 1 amide bonds. The lowest BCUT2D eigenvalue weighted by atomic mass is 9.93. The van der Waals surface area contributed by atoms with Crippen molar-refractivity contribution >= 4 is 5.91 Å². The molecule has 5 rings (SSSR count). The molecule has 2 heterocycles. The Bertz CT molecular complexity index is 922. The number of ether oxygens (including phenoxy) is 4. The number of benzene rings is 2. The first-order chi connectivity index (χ1) is 14.8. The number of hydrogen-bond acceptors (Lipinski definition) is 5. The molecule has 0 N–H and O–H groups in total. The molecule has 158 valence electrons. The molecule has 30 heavy (non-hydrogen) atoms. The fraction of sp³-hybridized carbons (Fsp3) is 0.458. The maximum absolute atomic E-state index is 13.7. The molecule has 0 aromatic heterocycles. The van der Waals surface area contributed by atoms with E-state index in [1.54, 1.807) is 0 Å². The number of hydrogen-bond donors (Lipinski definition) is 0. The number of carbonyl (C=O) groups excluding carboxylic acids is 1. The van der Waals surface area contributed by atoms with E-state index in [4.69, 9.17) is 18.9 Å². The Balaban J connectivity index is 1.45. The molecule has 0 spiro atoms. The minimum atomic E-state index is 0.0223. The van der Waals surface area contributed by atoms with Gasteiger partial charge in [-0.05, 0) is 37.1 Å². The van der Waals surface area contributed by atoms with Crippen molar-refractivity contribution in [2.24, 2.45) is 0 Å². The van der Waals surface area contributed by atoms with Crippen LogP contribution in [0.3, 0.4) is 0 Å². The predicted octanol–water partition coefficient (Wildman–Crippen LogP) is 4.55. The molecule has 0 saturated heterocycles. The Morgan fingerprint density at radius 1 is 0.867 bits per heavy atom. The van der Waals surface area contributed by atoms with E-state index >= 15 is 0 Å². The van der Waals surface area contributed by atoms with Crippen LogP contribution in [-0.4, -0.2) is 36.9 Å². The van der Waals surface area contributed by atoms with Gasteiger partial charge in [0.25, 0.3) is 5.91 Å². The second kappa shape index (κ2) is 8.46. The van der Waals surface area contributed by atoms with Gasteiger partial charge in [0.2, 0.25) is 6.79 Å². The van der Waals surface area contributed by atoms with Crippen LogP contribution in [0.25, 0.3) is 0 Å². The largest absolute Gasteiger partial charge is 0.490 e. The number of fused-ring (bicyclic) bond motifs is 2. The fourth-order valence-electron chi connectivity index (χ4n) is 4.52. The summed E-state index contributed by atoms with van der Waals surface area (Å²) in [5.41, 5.74) is 1.62. The summed E-state index contributed by atoms with van der Waals surface area (Å²) in [6, 6.07) is 11.6. The molecule has 1 fully saturated rings. The second-order valence-electron chi connectivity index (χ2n) is 8.09.